The molecule has 0 aliphatic carbocycles. The molecule has 7 nitrogen and oxygen atoms in total. The minimum atomic E-state index is -0.279. The van der Waals surface area contributed by atoms with Crippen LogP contribution in [0.5, 0.6) is 5.75 Å². The molecular formula is C29H31FN4O3S. The van der Waals surface area contributed by atoms with Crippen LogP contribution in [0.4, 0.5) is 4.39 Å². The van der Waals surface area contributed by atoms with E-state index in [4.69, 9.17) is 4.74 Å². The fraction of sp³-hybridized carbons (Fsp3) is 0.345. The lowest BCUT2D eigenvalue weighted by Gasteiger charge is -2.31. The smallest absolute Gasteiger partial charge is 0.270 e. The number of rotatable bonds is 8. The predicted molar refractivity (Wildman–Crippen MR) is 146 cm³/mol. The van der Waals surface area contributed by atoms with Gasteiger partial charge in [-0.2, -0.15) is 0 Å². The number of likely N-dealkylation sites (tertiary alicyclic amines) is 1. The molecule has 2 N–H and O–H groups in total. The van der Waals surface area contributed by atoms with E-state index in [0.717, 1.165) is 39.9 Å². The van der Waals surface area contributed by atoms with E-state index in [0.29, 0.717) is 37.5 Å². The number of aromatic amines is 1. The van der Waals surface area contributed by atoms with Crippen molar-refractivity contribution >= 4 is 34.1 Å². The first kappa shape index (κ1) is 25.9. The molecule has 198 valence electrons. The number of carbonyl (C=O) groups is 2. The van der Waals surface area contributed by atoms with Crippen LogP contribution in [0.25, 0.3) is 10.9 Å². The van der Waals surface area contributed by atoms with E-state index in [-0.39, 0.29) is 30.2 Å². The summed E-state index contributed by atoms with van der Waals surface area (Å²) in [6.45, 7) is 5.82. The number of aryl methyl sites for hydroxylation is 2. The molecule has 0 unspecified atom stereocenters. The monoisotopic (exact) mass is 534 g/mol. The highest BCUT2D eigenvalue weighted by atomic mass is 32.1. The number of benzene rings is 2. The van der Waals surface area contributed by atoms with Crippen LogP contribution < -0.4 is 10.1 Å². The number of carbonyl (C=O) groups excluding carboxylic acids is 2. The minimum absolute atomic E-state index is 0.0150. The third-order valence-electron chi connectivity index (χ3n) is 7.20. The summed E-state index contributed by atoms with van der Waals surface area (Å²) >= 11 is 1.49. The van der Waals surface area contributed by atoms with Gasteiger partial charge in [0.25, 0.3) is 11.8 Å². The molecule has 0 saturated carbocycles. The average molecular weight is 535 g/mol. The van der Waals surface area contributed by atoms with E-state index in [1.807, 2.05) is 43.1 Å². The molecule has 0 spiro atoms. The Morgan fingerprint density at radius 1 is 1.16 bits per heavy atom. The van der Waals surface area contributed by atoms with Gasteiger partial charge >= 0.3 is 0 Å². The van der Waals surface area contributed by atoms with Gasteiger partial charge in [0, 0.05) is 48.0 Å². The molecule has 0 radical (unpaired) electrons. The Balaban J connectivity index is 1.07. The van der Waals surface area contributed by atoms with Gasteiger partial charge in [0.1, 0.15) is 17.3 Å². The number of hydrogen-bond acceptors (Lipinski definition) is 5. The third kappa shape index (κ3) is 5.88. The molecule has 3 heterocycles. The Kier molecular flexibility index (Phi) is 7.74. The van der Waals surface area contributed by atoms with Crippen LogP contribution in [0, 0.1) is 19.7 Å². The van der Waals surface area contributed by atoms with Gasteiger partial charge in [0.2, 0.25) is 0 Å². The Morgan fingerprint density at radius 3 is 2.76 bits per heavy atom. The summed E-state index contributed by atoms with van der Waals surface area (Å²) in [5.41, 5.74) is 4.57. The minimum Gasteiger partial charge on any atom is -0.484 e. The number of nitrogens with zero attached hydrogens (tertiary/aromatic N) is 2. The second kappa shape index (κ2) is 11.3. The number of fused-ring (bicyclic) bond motifs is 1. The summed E-state index contributed by atoms with van der Waals surface area (Å²) in [5.74, 6) is 0.430. The highest BCUT2D eigenvalue weighted by Crippen LogP contribution is 2.30. The van der Waals surface area contributed by atoms with Crippen LogP contribution in [0.2, 0.25) is 0 Å². The van der Waals surface area contributed by atoms with Crippen LogP contribution in [0.1, 0.15) is 50.9 Å². The second-order valence-corrected chi connectivity index (χ2v) is 10.7. The van der Waals surface area contributed by atoms with E-state index in [2.05, 4.69) is 15.3 Å². The fourth-order valence-corrected chi connectivity index (χ4v) is 5.73. The van der Waals surface area contributed by atoms with Gasteiger partial charge in [-0.3, -0.25) is 9.59 Å². The van der Waals surface area contributed by atoms with Gasteiger partial charge in [-0.1, -0.05) is 6.07 Å². The second-order valence-electron chi connectivity index (χ2n) is 9.77. The normalized spacial score (nSPS) is 14.1. The molecule has 1 aliphatic rings. The van der Waals surface area contributed by atoms with Crippen molar-refractivity contribution in [2.45, 2.75) is 39.0 Å². The van der Waals surface area contributed by atoms with Crippen LogP contribution in [-0.4, -0.2) is 52.9 Å². The van der Waals surface area contributed by atoms with Gasteiger partial charge in [0.15, 0.2) is 6.61 Å². The number of nitrogens with one attached hydrogen (secondary N) is 2. The van der Waals surface area contributed by atoms with E-state index >= 15 is 0 Å². The molecule has 4 aromatic rings. The standard InChI is InChI=1S/C29H31FN4O3S/c1-18-3-5-23(13-19(18)2)37-16-27(35)34-11-8-20(9-12-34)29-33-26(17-38-29)28(36)31-10-7-21-15-32-25-6-4-22(30)14-24(21)25/h3-6,13-15,17,20,32H,7-12,16H2,1-2H3,(H,31,36). The number of amides is 2. The van der Waals surface area contributed by atoms with Gasteiger partial charge in [-0.05, 0) is 80.1 Å². The van der Waals surface area contributed by atoms with Crippen LogP contribution in [0.15, 0.2) is 48.0 Å². The first-order chi connectivity index (χ1) is 18.4. The molecule has 1 fully saturated rings. The van der Waals surface area contributed by atoms with Gasteiger partial charge in [-0.25, -0.2) is 9.37 Å². The van der Waals surface area contributed by atoms with E-state index in [9.17, 15) is 14.0 Å². The molecule has 1 aliphatic heterocycles. The molecule has 1 saturated heterocycles. The number of halogens is 1. The quantitative estimate of drug-likeness (QED) is 0.328. The maximum atomic E-state index is 13.6. The number of H-pyrrole nitrogens is 1. The van der Waals surface area contributed by atoms with Crippen LogP contribution in [0.3, 0.4) is 0 Å². The summed E-state index contributed by atoms with van der Waals surface area (Å²) < 4.78 is 19.3. The van der Waals surface area contributed by atoms with Crippen molar-refractivity contribution in [1.82, 2.24) is 20.2 Å². The summed E-state index contributed by atoms with van der Waals surface area (Å²) in [4.78, 5) is 34.9. The molecule has 2 aromatic carbocycles. The topological polar surface area (TPSA) is 87.3 Å². The SMILES string of the molecule is Cc1ccc(OCC(=O)N2CCC(c3nc(C(=O)NCCc4c[nH]c5ccc(F)cc45)cs3)CC2)cc1C. The third-order valence-corrected chi connectivity index (χ3v) is 8.21. The molecule has 0 atom stereocenters. The van der Waals surface area contributed by atoms with Crippen molar-refractivity contribution in [3.05, 3.63) is 81.2 Å². The van der Waals surface area contributed by atoms with E-state index in [1.54, 1.807) is 11.4 Å². The fourth-order valence-electron chi connectivity index (χ4n) is 4.75. The lowest BCUT2D eigenvalue weighted by Crippen LogP contribution is -2.40. The molecule has 38 heavy (non-hydrogen) atoms. The summed E-state index contributed by atoms with van der Waals surface area (Å²) in [7, 11) is 0. The lowest BCUT2D eigenvalue weighted by molar-refractivity contribution is -0.134. The Hall–Kier alpha value is -3.72. The molecule has 0 bridgehead atoms. The summed E-state index contributed by atoms with van der Waals surface area (Å²) in [5, 5.41) is 6.47. The molecule has 2 aromatic heterocycles. The molecular weight excluding hydrogens is 503 g/mol. The van der Waals surface area contributed by atoms with Crippen molar-refractivity contribution in [2.75, 3.05) is 26.2 Å². The van der Waals surface area contributed by atoms with Crippen molar-refractivity contribution in [3.63, 3.8) is 0 Å². The number of ether oxygens (including phenoxy) is 1. The highest BCUT2D eigenvalue weighted by molar-refractivity contribution is 7.09. The first-order valence-electron chi connectivity index (χ1n) is 12.8. The highest BCUT2D eigenvalue weighted by Gasteiger charge is 2.26. The van der Waals surface area contributed by atoms with Gasteiger partial charge in [0.05, 0.1) is 5.01 Å². The largest absolute Gasteiger partial charge is 0.484 e. The maximum Gasteiger partial charge on any atom is 0.270 e. The summed E-state index contributed by atoms with van der Waals surface area (Å²) in [6, 6.07) is 10.5. The van der Waals surface area contributed by atoms with Gasteiger partial charge in [-0.15, -0.1) is 11.3 Å². The Bertz CT molecular complexity index is 1460. The van der Waals surface area contributed by atoms with Crippen LogP contribution >= 0.6 is 11.3 Å². The average Bonchev–Trinajstić information content (AvgIpc) is 3.57. The molecule has 5 rings (SSSR count). The van der Waals surface area contributed by atoms with Crippen molar-refractivity contribution in [1.29, 1.82) is 0 Å². The summed E-state index contributed by atoms with van der Waals surface area (Å²) in [6.07, 6.45) is 4.05. The lowest BCUT2D eigenvalue weighted by atomic mass is 9.97. The zero-order chi connectivity index (χ0) is 26.6. The number of hydrogen-bond donors (Lipinski definition) is 2. The first-order valence-corrected chi connectivity index (χ1v) is 13.7. The van der Waals surface area contributed by atoms with Gasteiger partial charge < -0.3 is 19.9 Å². The predicted octanol–water partition coefficient (Wildman–Crippen LogP) is 5.14. The molecule has 9 heteroatoms. The molecule has 2 amide bonds. The van der Waals surface area contributed by atoms with E-state index < -0.39 is 0 Å². The maximum absolute atomic E-state index is 13.6. The van der Waals surface area contributed by atoms with E-state index in [1.165, 1.54) is 29.0 Å². The van der Waals surface area contributed by atoms with Crippen molar-refractivity contribution < 1.29 is 18.7 Å². The number of thiazole rings is 1. The zero-order valence-corrected chi connectivity index (χ0v) is 22.4. The number of aromatic nitrogens is 2. The van der Waals surface area contributed by atoms with Crippen molar-refractivity contribution in [3.8, 4) is 5.75 Å². The Morgan fingerprint density at radius 2 is 1.97 bits per heavy atom. The Labute approximate surface area is 225 Å². The zero-order valence-electron chi connectivity index (χ0n) is 21.6. The van der Waals surface area contributed by atoms with Crippen molar-refractivity contribution in [2.24, 2.45) is 0 Å². The van der Waals surface area contributed by atoms with Crippen LogP contribution in [-0.2, 0) is 11.2 Å². The number of piperidine rings is 1.